The highest BCUT2D eigenvalue weighted by Gasteiger charge is 2.21. The molecule has 6 heteroatoms. The molecule has 0 aromatic heterocycles. The van der Waals surface area contributed by atoms with E-state index in [0.717, 1.165) is 18.7 Å². The van der Waals surface area contributed by atoms with E-state index in [1.54, 1.807) is 12.1 Å². The summed E-state index contributed by atoms with van der Waals surface area (Å²) in [5.41, 5.74) is 1.14. The maximum Gasteiger partial charge on any atom is 0.240 e. The van der Waals surface area contributed by atoms with Gasteiger partial charge in [-0.25, -0.2) is 13.1 Å². The molecule has 2 rings (SSSR count). The molecule has 0 unspecified atom stereocenters. The molecule has 1 aromatic carbocycles. The Hall–Kier alpha value is -0.950. The lowest BCUT2D eigenvalue weighted by Gasteiger charge is -2.32. The highest BCUT2D eigenvalue weighted by molar-refractivity contribution is 7.89. The largest absolute Gasteiger partial charge is 0.379 e. The lowest BCUT2D eigenvalue weighted by atomic mass is 9.87. The van der Waals surface area contributed by atoms with Crippen molar-refractivity contribution >= 4 is 10.0 Å². The summed E-state index contributed by atoms with van der Waals surface area (Å²) < 4.78 is 32.9. The van der Waals surface area contributed by atoms with Crippen molar-refractivity contribution in [3.63, 3.8) is 0 Å². The Bertz CT molecular complexity index is 600. The average Bonchev–Trinajstić information content (AvgIpc) is 2.53. The molecule has 130 valence electrons. The Kier molecular flexibility index (Phi) is 5.84. The summed E-state index contributed by atoms with van der Waals surface area (Å²) in [6.07, 6.45) is 0. The fraction of sp³-hybridized carbons (Fsp3) is 0.647. The van der Waals surface area contributed by atoms with E-state index in [-0.39, 0.29) is 11.5 Å². The smallest absolute Gasteiger partial charge is 0.240 e. The summed E-state index contributed by atoms with van der Waals surface area (Å²) in [5.74, 6) is 0. The van der Waals surface area contributed by atoms with Crippen LogP contribution in [0.3, 0.4) is 0 Å². The van der Waals surface area contributed by atoms with Crippen molar-refractivity contribution in [3.05, 3.63) is 29.8 Å². The van der Waals surface area contributed by atoms with Gasteiger partial charge >= 0.3 is 0 Å². The van der Waals surface area contributed by atoms with Gasteiger partial charge in [0.15, 0.2) is 0 Å². The minimum atomic E-state index is -3.46. The van der Waals surface area contributed by atoms with Gasteiger partial charge in [0.25, 0.3) is 0 Å². The number of sulfonamides is 1. The fourth-order valence-corrected chi connectivity index (χ4v) is 3.72. The highest BCUT2D eigenvalue weighted by Crippen LogP contribution is 2.23. The van der Waals surface area contributed by atoms with E-state index in [9.17, 15) is 8.42 Å². The predicted molar refractivity (Wildman–Crippen MR) is 92.2 cm³/mol. The molecule has 1 aromatic rings. The molecular formula is C17H28N2O3S. The van der Waals surface area contributed by atoms with Gasteiger partial charge in [-0.2, -0.15) is 0 Å². The SMILES string of the molecule is C[C@@H](CNS(=O)(=O)c1ccc(C(C)(C)C)cc1)N1CCOCC1. The first kappa shape index (κ1) is 18.4. The first-order valence-electron chi connectivity index (χ1n) is 8.12. The van der Waals surface area contributed by atoms with Crippen LogP contribution in [0, 0.1) is 0 Å². The second-order valence-electron chi connectivity index (χ2n) is 7.12. The van der Waals surface area contributed by atoms with E-state index in [1.807, 2.05) is 19.1 Å². The van der Waals surface area contributed by atoms with E-state index in [0.29, 0.717) is 24.7 Å². The monoisotopic (exact) mass is 340 g/mol. The van der Waals surface area contributed by atoms with Crippen LogP contribution in [0.2, 0.25) is 0 Å². The van der Waals surface area contributed by atoms with Gasteiger partial charge in [0, 0.05) is 25.7 Å². The molecule has 1 aliphatic rings. The average molecular weight is 340 g/mol. The number of nitrogens with zero attached hydrogens (tertiary/aromatic N) is 1. The first-order valence-corrected chi connectivity index (χ1v) is 9.60. The number of rotatable bonds is 5. The summed E-state index contributed by atoms with van der Waals surface area (Å²) in [6, 6.07) is 7.30. The maximum atomic E-state index is 12.4. The van der Waals surface area contributed by atoms with Crippen LogP contribution in [0.1, 0.15) is 33.3 Å². The van der Waals surface area contributed by atoms with Crippen molar-refractivity contribution in [2.75, 3.05) is 32.8 Å². The number of hydrogen-bond donors (Lipinski definition) is 1. The van der Waals surface area contributed by atoms with Crippen LogP contribution in [-0.2, 0) is 20.2 Å². The van der Waals surface area contributed by atoms with Crippen molar-refractivity contribution in [1.82, 2.24) is 9.62 Å². The van der Waals surface area contributed by atoms with Crippen LogP contribution in [0.5, 0.6) is 0 Å². The molecular weight excluding hydrogens is 312 g/mol. The van der Waals surface area contributed by atoms with E-state index < -0.39 is 10.0 Å². The molecule has 1 heterocycles. The molecule has 1 atom stereocenters. The minimum absolute atomic E-state index is 0.0145. The third-order valence-corrected chi connectivity index (χ3v) is 5.71. The standard InChI is InChI=1S/C17H28N2O3S/c1-14(19-9-11-22-12-10-19)13-18-23(20,21)16-7-5-15(6-8-16)17(2,3)4/h5-8,14,18H,9-13H2,1-4H3/t14-/m0/s1. The molecule has 1 saturated heterocycles. The predicted octanol–water partition coefficient (Wildman–Crippen LogP) is 1.98. The van der Waals surface area contributed by atoms with Gasteiger partial charge in [0.05, 0.1) is 18.1 Å². The molecule has 0 saturated carbocycles. The van der Waals surface area contributed by atoms with Gasteiger partial charge in [-0.3, -0.25) is 4.90 Å². The summed E-state index contributed by atoms with van der Waals surface area (Å²) in [4.78, 5) is 2.56. The van der Waals surface area contributed by atoms with Gasteiger partial charge < -0.3 is 4.74 Å². The van der Waals surface area contributed by atoms with Crippen LogP contribution in [0.25, 0.3) is 0 Å². The molecule has 5 nitrogen and oxygen atoms in total. The molecule has 1 N–H and O–H groups in total. The highest BCUT2D eigenvalue weighted by atomic mass is 32.2. The van der Waals surface area contributed by atoms with Crippen LogP contribution >= 0.6 is 0 Å². The number of morpholine rings is 1. The van der Waals surface area contributed by atoms with Crippen molar-refractivity contribution in [2.45, 2.75) is 44.0 Å². The number of ether oxygens (including phenoxy) is 1. The normalized spacial score (nSPS) is 18.8. The zero-order valence-electron chi connectivity index (χ0n) is 14.5. The van der Waals surface area contributed by atoms with Crippen molar-refractivity contribution in [1.29, 1.82) is 0 Å². The Balaban J connectivity index is 1.98. The molecule has 1 aliphatic heterocycles. The second-order valence-corrected chi connectivity index (χ2v) is 8.89. The Labute approximate surface area is 140 Å². The van der Waals surface area contributed by atoms with Gasteiger partial charge in [-0.1, -0.05) is 32.9 Å². The van der Waals surface area contributed by atoms with Crippen LogP contribution < -0.4 is 4.72 Å². The molecule has 0 aliphatic carbocycles. The number of benzene rings is 1. The zero-order valence-corrected chi connectivity index (χ0v) is 15.3. The Morgan fingerprint density at radius 2 is 1.74 bits per heavy atom. The van der Waals surface area contributed by atoms with Gasteiger partial charge in [-0.15, -0.1) is 0 Å². The molecule has 0 bridgehead atoms. The quantitative estimate of drug-likeness (QED) is 0.890. The lowest BCUT2D eigenvalue weighted by Crippen LogP contribution is -2.47. The topological polar surface area (TPSA) is 58.6 Å². The van der Waals surface area contributed by atoms with E-state index in [2.05, 4.69) is 30.4 Å². The number of hydrogen-bond acceptors (Lipinski definition) is 4. The second kappa shape index (κ2) is 7.30. The third-order valence-electron chi connectivity index (χ3n) is 4.27. The molecule has 0 radical (unpaired) electrons. The summed E-state index contributed by atoms with van der Waals surface area (Å²) in [7, 11) is -3.46. The Morgan fingerprint density at radius 1 is 1.17 bits per heavy atom. The first-order chi connectivity index (χ1) is 10.7. The van der Waals surface area contributed by atoms with Crippen molar-refractivity contribution in [2.24, 2.45) is 0 Å². The molecule has 0 spiro atoms. The van der Waals surface area contributed by atoms with E-state index in [4.69, 9.17) is 4.74 Å². The van der Waals surface area contributed by atoms with Crippen LogP contribution in [-0.4, -0.2) is 52.2 Å². The summed E-state index contributed by atoms with van der Waals surface area (Å²) in [6.45, 7) is 11.9. The lowest BCUT2D eigenvalue weighted by molar-refractivity contribution is 0.0213. The molecule has 0 amide bonds. The maximum absolute atomic E-state index is 12.4. The van der Waals surface area contributed by atoms with Crippen LogP contribution in [0.4, 0.5) is 0 Å². The van der Waals surface area contributed by atoms with Gasteiger partial charge in [0.1, 0.15) is 0 Å². The van der Waals surface area contributed by atoms with E-state index in [1.165, 1.54) is 0 Å². The zero-order chi connectivity index (χ0) is 17.1. The summed E-state index contributed by atoms with van der Waals surface area (Å²) in [5, 5.41) is 0. The number of nitrogens with one attached hydrogen (secondary N) is 1. The fourth-order valence-electron chi connectivity index (χ4n) is 2.60. The molecule has 23 heavy (non-hydrogen) atoms. The Morgan fingerprint density at radius 3 is 2.26 bits per heavy atom. The third kappa shape index (κ3) is 5.01. The van der Waals surface area contributed by atoms with Crippen molar-refractivity contribution in [3.8, 4) is 0 Å². The van der Waals surface area contributed by atoms with Crippen molar-refractivity contribution < 1.29 is 13.2 Å². The minimum Gasteiger partial charge on any atom is -0.379 e. The van der Waals surface area contributed by atoms with Gasteiger partial charge in [-0.05, 0) is 30.0 Å². The summed E-state index contributed by atoms with van der Waals surface area (Å²) >= 11 is 0. The van der Waals surface area contributed by atoms with Gasteiger partial charge in [0.2, 0.25) is 10.0 Å². The molecule has 1 fully saturated rings. The van der Waals surface area contributed by atoms with Crippen LogP contribution in [0.15, 0.2) is 29.2 Å². The van der Waals surface area contributed by atoms with E-state index >= 15 is 0 Å².